The number of esters is 1. The number of halogens is 1. The van der Waals surface area contributed by atoms with Crippen molar-refractivity contribution >= 4 is 22.8 Å². The standard InChI is InChI=1S/C9H11ClO3/c1-8(2)5-3-4-9(8,7(10)12)13-6(5)11/h5H,3-4H2,1-2H3. The molecule has 0 amide bonds. The van der Waals surface area contributed by atoms with Gasteiger partial charge in [-0.2, -0.15) is 0 Å². The fourth-order valence-corrected chi connectivity index (χ4v) is 2.92. The predicted molar refractivity (Wildman–Crippen MR) is 46.2 cm³/mol. The van der Waals surface area contributed by atoms with E-state index in [1.54, 1.807) is 0 Å². The molecule has 0 aromatic heterocycles. The number of rotatable bonds is 1. The second-order valence-electron chi connectivity index (χ2n) is 4.33. The van der Waals surface area contributed by atoms with Crippen molar-refractivity contribution in [2.75, 3.05) is 0 Å². The molecule has 3 nitrogen and oxygen atoms in total. The second-order valence-corrected chi connectivity index (χ2v) is 4.68. The third-order valence-corrected chi connectivity index (χ3v) is 3.88. The SMILES string of the molecule is CC1(C)C2CCC1(C(=O)Cl)OC2=O. The summed E-state index contributed by atoms with van der Waals surface area (Å²) in [7, 11) is 0. The number of carbonyl (C=O) groups excluding carboxylic acids is 2. The molecule has 2 atom stereocenters. The number of hydrogen-bond donors (Lipinski definition) is 0. The molecule has 1 saturated carbocycles. The Morgan fingerprint density at radius 2 is 2.23 bits per heavy atom. The zero-order valence-corrected chi connectivity index (χ0v) is 8.35. The average Bonchev–Trinajstić information content (AvgIpc) is 2.35. The minimum absolute atomic E-state index is 0.157. The second kappa shape index (κ2) is 2.27. The van der Waals surface area contributed by atoms with Gasteiger partial charge in [-0.05, 0) is 24.4 Å². The minimum Gasteiger partial charge on any atom is -0.449 e. The summed E-state index contributed by atoms with van der Waals surface area (Å²) >= 11 is 5.50. The molecule has 1 saturated heterocycles. The van der Waals surface area contributed by atoms with Crippen LogP contribution >= 0.6 is 11.6 Å². The van der Waals surface area contributed by atoms with Gasteiger partial charge in [0.1, 0.15) is 0 Å². The lowest BCUT2D eigenvalue weighted by Gasteiger charge is -2.31. The largest absolute Gasteiger partial charge is 0.449 e. The van der Waals surface area contributed by atoms with Crippen molar-refractivity contribution in [1.29, 1.82) is 0 Å². The van der Waals surface area contributed by atoms with Crippen LogP contribution in [-0.4, -0.2) is 16.8 Å². The highest BCUT2D eigenvalue weighted by Crippen LogP contribution is 2.58. The van der Waals surface area contributed by atoms with Gasteiger partial charge in [0, 0.05) is 5.41 Å². The number of hydrogen-bond acceptors (Lipinski definition) is 3. The van der Waals surface area contributed by atoms with Gasteiger partial charge in [0.15, 0.2) is 5.60 Å². The molecule has 2 bridgehead atoms. The summed E-state index contributed by atoms with van der Waals surface area (Å²) in [4.78, 5) is 22.6. The van der Waals surface area contributed by atoms with E-state index in [-0.39, 0.29) is 11.9 Å². The third-order valence-electron chi connectivity index (χ3n) is 3.57. The minimum atomic E-state index is -1.05. The lowest BCUT2D eigenvalue weighted by molar-refractivity contribution is -0.161. The van der Waals surface area contributed by atoms with Gasteiger partial charge in [-0.1, -0.05) is 13.8 Å². The monoisotopic (exact) mass is 202 g/mol. The maximum atomic E-state index is 11.3. The molecule has 2 fully saturated rings. The fraction of sp³-hybridized carbons (Fsp3) is 0.778. The lowest BCUT2D eigenvalue weighted by Crippen LogP contribution is -2.44. The van der Waals surface area contributed by atoms with Crippen LogP contribution in [0.1, 0.15) is 26.7 Å². The van der Waals surface area contributed by atoms with Crippen LogP contribution in [-0.2, 0) is 14.3 Å². The van der Waals surface area contributed by atoms with Crippen molar-refractivity contribution in [3.05, 3.63) is 0 Å². The molecule has 2 aliphatic rings. The molecule has 0 aromatic carbocycles. The maximum Gasteiger partial charge on any atom is 0.310 e. The molecule has 0 radical (unpaired) electrons. The smallest absolute Gasteiger partial charge is 0.310 e. The molecule has 0 aromatic rings. The van der Waals surface area contributed by atoms with Crippen molar-refractivity contribution in [1.82, 2.24) is 0 Å². The fourth-order valence-electron chi connectivity index (χ4n) is 2.54. The highest BCUT2D eigenvalue weighted by atomic mass is 35.5. The van der Waals surface area contributed by atoms with Crippen molar-refractivity contribution in [2.45, 2.75) is 32.3 Å². The highest BCUT2D eigenvalue weighted by Gasteiger charge is 2.69. The molecule has 0 spiro atoms. The summed E-state index contributed by atoms with van der Waals surface area (Å²) in [5.41, 5.74) is -1.49. The third kappa shape index (κ3) is 0.810. The van der Waals surface area contributed by atoms with Crippen molar-refractivity contribution < 1.29 is 14.3 Å². The van der Waals surface area contributed by atoms with Gasteiger partial charge >= 0.3 is 5.97 Å². The van der Waals surface area contributed by atoms with Gasteiger partial charge in [-0.25, -0.2) is 0 Å². The number of fused-ring (bicyclic) bond motifs is 2. The van der Waals surface area contributed by atoms with E-state index in [9.17, 15) is 9.59 Å². The zero-order valence-electron chi connectivity index (χ0n) is 7.59. The summed E-state index contributed by atoms with van der Waals surface area (Å²) in [6.07, 6.45) is 1.28. The average molecular weight is 203 g/mol. The lowest BCUT2D eigenvalue weighted by atomic mass is 9.75. The van der Waals surface area contributed by atoms with E-state index >= 15 is 0 Å². The normalized spacial score (nSPS) is 40.5. The Hall–Kier alpha value is -0.570. The van der Waals surface area contributed by atoms with Crippen molar-refractivity contribution in [2.24, 2.45) is 11.3 Å². The molecule has 2 rings (SSSR count). The Labute approximate surface area is 81.4 Å². The predicted octanol–water partition coefficient (Wildman–Crippen LogP) is 1.48. The van der Waals surface area contributed by atoms with E-state index in [0.717, 1.165) is 0 Å². The Balaban J connectivity index is 2.51. The van der Waals surface area contributed by atoms with Gasteiger partial charge in [0.2, 0.25) is 0 Å². The summed E-state index contributed by atoms with van der Waals surface area (Å²) in [6, 6.07) is 0. The van der Waals surface area contributed by atoms with E-state index in [2.05, 4.69) is 0 Å². The topological polar surface area (TPSA) is 43.4 Å². The molecule has 1 aliphatic heterocycles. The first-order valence-corrected chi connectivity index (χ1v) is 4.72. The molecule has 1 aliphatic carbocycles. The van der Waals surface area contributed by atoms with Crippen LogP contribution in [0, 0.1) is 11.3 Å². The van der Waals surface area contributed by atoms with Crippen LogP contribution in [0.15, 0.2) is 0 Å². The Morgan fingerprint density at radius 1 is 1.62 bits per heavy atom. The Bertz CT molecular complexity index is 297. The van der Waals surface area contributed by atoms with Crippen molar-refractivity contribution in [3.63, 3.8) is 0 Å². The van der Waals surface area contributed by atoms with E-state index in [0.29, 0.717) is 12.8 Å². The number of ether oxygens (including phenoxy) is 1. The first-order chi connectivity index (χ1) is 5.92. The van der Waals surface area contributed by atoms with E-state index in [1.807, 2.05) is 13.8 Å². The van der Waals surface area contributed by atoms with Gasteiger partial charge in [-0.15, -0.1) is 0 Å². The summed E-state index contributed by atoms with van der Waals surface area (Å²) < 4.78 is 5.10. The Kier molecular flexibility index (Phi) is 1.57. The van der Waals surface area contributed by atoms with Crippen molar-refractivity contribution in [3.8, 4) is 0 Å². The van der Waals surface area contributed by atoms with E-state index < -0.39 is 16.3 Å². The molecule has 0 N–H and O–H groups in total. The summed E-state index contributed by atoms with van der Waals surface area (Å²) in [5.74, 6) is -0.430. The van der Waals surface area contributed by atoms with Crippen LogP contribution in [0.5, 0.6) is 0 Å². The van der Waals surface area contributed by atoms with Gasteiger partial charge in [0.25, 0.3) is 5.24 Å². The number of carbonyl (C=O) groups is 2. The van der Waals surface area contributed by atoms with Gasteiger partial charge in [-0.3, -0.25) is 9.59 Å². The van der Waals surface area contributed by atoms with E-state index in [4.69, 9.17) is 16.3 Å². The van der Waals surface area contributed by atoms with E-state index in [1.165, 1.54) is 0 Å². The molecular formula is C9H11ClO3. The molecule has 4 heteroatoms. The molecular weight excluding hydrogens is 192 g/mol. The molecule has 13 heavy (non-hydrogen) atoms. The zero-order chi connectivity index (χ0) is 9.85. The first kappa shape index (κ1) is 9.00. The van der Waals surface area contributed by atoms with Crippen LogP contribution < -0.4 is 0 Å². The van der Waals surface area contributed by atoms with Gasteiger partial charge < -0.3 is 4.74 Å². The highest BCUT2D eigenvalue weighted by molar-refractivity contribution is 6.65. The van der Waals surface area contributed by atoms with Crippen LogP contribution in [0.25, 0.3) is 0 Å². The first-order valence-electron chi connectivity index (χ1n) is 4.34. The Morgan fingerprint density at radius 3 is 2.46 bits per heavy atom. The summed E-state index contributed by atoms with van der Waals surface area (Å²) in [6.45, 7) is 3.74. The van der Waals surface area contributed by atoms with Crippen LogP contribution in [0.4, 0.5) is 0 Å². The quantitative estimate of drug-likeness (QED) is 0.478. The molecule has 1 heterocycles. The van der Waals surface area contributed by atoms with Gasteiger partial charge in [0.05, 0.1) is 5.92 Å². The molecule has 72 valence electrons. The summed E-state index contributed by atoms with van der Waals surface area (Å²) in [5, 5.41) is -0.536. The van der Waals surface area contributed by atoms with Crippen LogP contribution in [0.3, 0.4) is 0 Å². The van der Waals surface area contributed by atoms with Crippen LogP contribution in [0.2, 0.25) is 0 Å². The molecule has 2 unspecified atom stereocenters. The maximum absolute atomic E-state index is 11.3.